The zero-order valence-corrected chi connectivity index (χ0v) is 14.5. The van der Waals surface area contributed by atoms with E-state index in [9.17, 15) is 4.79 Å². The molecule has 0 radical (unpaired) electrons. The van der Waals surface area contributed by atoms with Gasteiger partial charge < -0.3 is 9.15 Å². The highest BCUT2D eigenvalue weighted by atomic mass is 16.5. The van der Waals surface area contributed by atoms with Gasteiger partial charge in [-0.15, -0.1) is 0 Å². The highest BCUT2D eigenvalue weighted by Crippen LogP contribution is 2.21. The van der Waals surface area contributed by atoms with Crippen molar-refractivity contribution in [3.63, 3.8) is 0 Å². The number of ether oxygens (including phenoxy) is 1. The maximum atomic E-state index is 11.4. The Balaban J connectivity index is 1.74. The van der Waals surface area contributed by atoms with Gasteiger partial charge in [-0.05, 0) is 50.2 Å². The molecule has 0 saturated heterocycles. The van der Waals surface area contributed by atoms with Crippen LogP contribution in [0.15, 0.2) is 52.9 Å². The van der Waals surface area contributed by atoms with Gasteiger partial charge in [-0.2, -0.15) is 0 Å². The summed E-state index contributed by atoms with van der Waals surface area (Å²) in [6, 6.07) is 16.0. The Morgan fingerprint density at radius 1 is 1.04 bits per heavy atom. The molecule has 1 aromatic heterocycles. The zero-order valence-electron chi connectivity index (χ0n) is 14.5. The van der Waals surface area contributed by atoms with E-state index >= 15 is 0 Å². The topological polar surface area (TPSA) is 39.4 Å². The second kappa shape index (κ2) is 7.72. The van der Waals surface area contributed by atoms with Gasteiger partial charge in [-0.1, -0.05) is 29.5 Å². The number of rotatable bonds is 4. The SMILES string of the molecule is CCOC(=O)CCc1cc2cc(C#Cc3ccc(C)cc3)ccc2o1. The van der Waals surface area contributed by atoms with Crippen molar-refractivity contribution < 1.29 is 13.9 Å². The minimum absolute atomic E-state index is 0.201. The molecule has 0 aliphatic carbocycles. The number of aryl methyl sites for hydroxylation is 2. The molecule has 3 nitrogen and oxygen atoms in total. The fourth-order valence-electron chi connectivity index (χ4n) is 2.54. The first-order valence-corrected chi connectivity index (χ1v) is 8.41. The summed E-state index contributed by atoms with van der Waals surface area (Å²) >= 11 is 0. The highest BCUT2D eigenvalue weighted by molar-refractivity contribution is 5.80. The van der Waals surface area contributed by atoms with Crippen LogP contribution in [0.5, 0.6) is 0 Å². The molecule has 3 heteroatoms. The van der Waals surface area contributed by atoms with Gasteiger partial charge in [-0.25, -0.2) is 0 Å². The van der Waals surface area contributed by atoms with E-state index in [-0.39, 0.29) is 5.97 Å². The Kier molecular flexibility index (Phi) is 5.20. The number of carbonyl (C=O) groups is 1. The van der Waals surface area contributed by atoms with Crippen LogP contribution in [0.1, 0.15) is 35.8 Å². The molecular formula is C22H20O3. The molecule has 0 N–H and O–H groups in total. The Morgan fingerprint density at radius 3 is 2.52 bits per heavy atom. The highest BCUT2D eigenvalue weighted by Gasteiger charge is 2.08. The van der Waals surface area contributed by atoms with Crippen LogP contribution in [0, 0.1) is 18.8 Å². The van der Waals surface area contributed by atoms with Crippen molar-refractivity contribution in [1.29, 1.82) is 0 Å². The van der Waals surface area contributed by atoms with Gasteiger partial charge in [0.1, 0.15) is 11.3 Å². The minimum Gasteiger partial charge on any atom is -0.466 e. The van der Waals surface area contributed by atoms with E-state index in [2.05, 4.69) is 30.9 Å². The maximum absolute atomic E-state index is 11.4. The average molecular weight is 332 g/mol. The molecule has 0 aliphatic heterocycles. The first-order valence-electron chi connectivity index (χ1n) is 8.41. The van der Waals surface area contributed by atoms with Crippen molar-refractivity contribution in [2.24, 2.45) is 0 Å². The number of fused-ring (bicyclic) bond motifs is 1. The lowest BCUT2D eigenvalue weighted by Gasteiger charge is -1.98. The van der Waals surface area contributed by atoms with E-state index in [1.165, 1.54) is 5.56 Å². The predicted molar refractivity (Wildman–Crippen MR) is 98.3 cm³/mol. The molecule has 0 atom stereocenters. The molecule has 0 amide bonds. The van der Waals surface area contributed by atoms with Crippen molar-refractivity contribution in [3.05, 3.63) is 71.0 Å². The van der Waals surface area contributed by atoms with Crippen LogP contribution in [-0.4, -0.2) is 12.6 Å². The number of benzene rings is 2. The third-order valence-electron chi connectivity index (χ3n) is 3.85. The largest absolute Gasteiger partial charge is 0.466 e. The predicted octanol–water partition coefficient (Wildman–Crippen LogP) is 4.64. The number of esters is 1. The Hall–Kier alpha value is -2.99. The molecule has 0 fully saturated rings. The van der Waals surface area contributed by atoms with Crippen molar-refractivity contribution in [2.75, 3.05) is 6.61 Å². The quantitative estimate of drug-likeness (QED) is 0.516. The van der Waals surface area contributed by atoms with E-state index in [4.69, 9.17) is 9.15 Å². The van der Waals surface area contributed by atoms with Crippen LogP contribution in [-0.2, 0) is 16.0 Å². The number of hydrogen-bond acceptors (Lipinski definition) is 3. The van der Waals surface area contributed by atoms with E-state index in [1.807, 2.05) is 36.4 Å². The fraction of sp³-hybridized carbons (Fsp3) is 0.227. The van der Waals surface area contributed by atoms with Crippen molar-refractivity contribution in [3.8, 4) is 11.8 Å². The molecular weight excluding hydrogens is 312 g/mol. The summed E-state index contributed by atoms with van der Waals surface area (Å²) in [5.41, 5.74) is 3.96. The Bertz CT molecular complexity index is 937. The standard InChI is InChI=1S/C22H20O3/c1-3-24-22(23)13-11-20-15-19-14-18(10-12-21(19)25-20)9-8-17-6-4-16(2)5-7-17/h4-7,10,12,14-15H,3,11,13H2,1-2H3. The molecule has 126 valence electrons. The third-order valence-corrected chi connectivity index (χ3v) is 3.85. The first-order chi connectivity index (χ1) is 12.1. The maximum Gasteiger partial charge on any atom is 0.306 e. The molecule has 3 rings (SSSR count). The van der Waals surface area contributed by atoms with Gasteiger partial charge in [0.05, 0.1) is 13.0 Å². The van der Waals surface area contributed by atoms with E-state index in [0.717, 1.165) is 27.9 Å². The first kappa shape index (κ1) is 16.9. The third kappa shape index (κ3) is 4.51. The number of carbonyl (C=O) groups excluding carboxylic acids is 1. The van der Waals surface area contributed by atoms with Crippen molar-refractivity contribution in [1.82, 2.24) is 0 Å². The van der Waals surface area contributed by atoms with Crippen molar-refractivity contribution in [2.45, 2.75) is 26.7 Å². The van der Waals surface area contributed by atoms with Gasteiger partial charge in [0.15, 0.2) is 0 Å². The molecule has 3 aromatic rings. The molecule has 0 spiro atoms. The van der Waals surface area contributed by atoms with E-state index in [1.54, 1.807) is 6.92 Å². The van der Waals surface area contributed by atoms with Crippen LogP contribution in [0.3, 0.4) is 0 Å². The lowest BCUT2D eigenvalue weighted by Crippen LogP contribution is -2.04. The van der Waals surface area contributed by atoms with Crippen LogP contribution < -0.4 is 0 Å². The smallest absolute Gasteiger partial charge is 0.306 e. The van der Waals surface area contributed by atoms with E-state index < -0.39 is 0 Å². The van der Waals surface area contributed by atoms with Crippen molar-refractivity contribution >= 4 is 16.9 Å². The van der Waals surface area contributed by atoms with Gasteiger partial charge in [0, 0.05) is 22.9 Å². The molecule has 0 aliphatic rings. The Morgan fingerprint density at radius 2 is 1.76 bits per heavy atom. The van der Waals surface area contributed by atoms with Gasteiger partial charge in [0.2, 0.25) is 0 Å². The fourth-order valence-corrected chi connectivity index (χ4v) is 2.54. The zero-order chi connectivity index (χ0) is 17.6. The van der Waals surface area contributed by atoms with E-state index in [0.29, 0.717) is 19.4 Å². The molecule has 0 bridgehead atoms. The number of hydrogen-bond donors (Lipinski definition) is 0. The molecule has 1 heterocycles. The van der Waals surface area contributed by atoms with Crippen LogP contribution in [0.2, 0.25) is 0 Å². The van der Waals surface area contributed by atoms with Gasteiger partial charge >= 0.3 is 5.97 Å². The average Bonchev–Trinajstić information content (AvgIpc) is 3.02. The summed E-state index contributed by atoms with van der Waals surface area (Å²) in [7, 11) is 0. The lowest BCUT2D eigenvalue weighted by molar-refractivity contribution is -0.143. The molecule has 0 unspecified atom stereocenters. The summed E-state index contributed by atoms with van der Waals surface area (Å²) in [4.78, 5) is 11.4. The monoisotopic (exact) mass is 332 g/mol. The normalized spacial score (nSPS) is 10.3. The second-order valence-electron chi connectivity index (χ2n) is 5.89. The summed E-state index contributed by atoms with van der Waals surface area (Å²) in [6.07, 6.45) is 0.867. The van der Waals surface area contributed by atoms with Crippen LogP contribution >= 0.6 is 0 Å². The van der Waals surface area contributed by atoms with Gasteiger partial charge in [0.25, 0.3) is 0 Å². The van der Waals surface area contributed by atoms with Crippen LogP contribution in [0.25, 0.3) is 11.0 Å². The van der Waals surface area contributed by atoms with Gasteiger partial charge in [-0.3, -0.25) is 4.79 Å². The summed E-state index contributed by atoms with van der Waals surface area (Å²) in [6.45, 7) is 4.27. The van der Waals surface area contributed by atoms with Crippen LogP contribution in [0.4, 0.5) is 0 Å². The summed E-state index contributed by atoms with van der Waals surface area (Å²) in [5.74, 6) is 6.94. The number of furan rings is 1. The second-order valence-corrected chi connectivity index (χ2v) is 5.89. The summed E-state index contributed by atoms with van der Waals surface area (Å²) < 4.78 is 10.7. The Labute approximate surface area is 147 Å². The summed E-state index contributed by atoms with van der Waals surface area (Å²) in [5, 5.41) is 0.995. The lowest BCUT2D eigenvalue weighted by atomic mass is 10.1. The molecule has 0 saturated carbocycles. The molecule has 25 heavy (non-hydrogen) atoms. The minimum atomic E-state index is -0.201. The molecule has 2 aromatic carbocycles.